The van der Waals surface area contributed by atoms with Gasteiger partial charge in [0.1, 0.15) is 5.69 Å². The van der Waals surface area contributed by atoms with Gasteiger partial charge in [0.05, 0.1) is 42.4 Å². The first-order chi connectivity index (χ1) is 11.6. The van der Waals surface area contributed by atoms with Crippen molar-refractivity contribution in [2.45, 2.75) is 6.04 Å². The lowest BCUT2D eigenvalue weighted by Crippen LogP contribution is -2.45. The number of nitrogens with zero attached hydrogens (tertiary/aromatic N) is 4. The molecule has 4 rings (SSSR count). The Kier molecular flexibility index (Phi) is 3.65. The number of fused-ring (bicyclic) bond motifs is 4. The van der Waals surface area contributed by atoms with Crippen LogP contribution in [0.4, 0.5) is 0 Å². The Labute approximate surface area is 139 Å². The van der Waals surface area contributed by atoms with E-state index in [9.17, 15) is 9.59 Å². The molecule has 24 heavy (non-hydrogen) atoms. The van der Waals surface area contributed by atoms with Crippen LogP contribution in [0.3, 0.4) is 0 Å². The summed E-state index contributed by atoms with van der Waals surface area (Å²) < 4.78 is 5.57. The highest BCUT2D eigenvalue weighted by Gasteiger charge is 2.39. The van der Waals surface area contributed by atoms with Crippen molar-refractivity contribution < 1.29 is 14.3 Å². The topological polar surface area (TPSA) is 75.6 Å². The fraction of sp³-hybridized carbons (Fsp3) is 0.412. The first-order valence-corrected chi connectivity index (χ1v) is 7.99. The van der Waals surface area contributed by atoms with Crippen LogP contribution in [0.2, 0.25) is 0 Å². The first kappa shape index (κ1) is 15.0. The average molecular weight is 326 g/mol. The molecule has 7 nitrogen and oxygen atoms in total. The van der Waals surface area contributed by atoms with Crippen molar-refractivity contribution >= 4 is 22.8 Å². The molecule has 2 bridgehead atoms. The number of para-hydroxylation sites is 2. The summed E-state index contributed by atoms with van der Waals surface area (Å²) in [6, 6.07) is 7.32. The number of ether oxygens (including phenoxy) is 1. The van der Waals surface area contributed by atoms with E-state index >= 15 is 0 Å². The number of aromatic nitrogens is 2. The number of likely N-dealkylation sites (N-methyl/N-ethyl adjacent to an activating group) is 1. The molecule has 0 aliphatic carbocycles. The van der Waals surface area contributed by atoms with Crippen molar-refractivity contribution in [1.29, 1.82) is 0 Å². The monoisotopic (exact) mass is 326 g/mol. The molecule has 2 atom stereocenters. The van der Waals surface area contributed by atoms with Crippen molar-refractivity contribution in [3.05, 3.63) is 36.2 Å². The summed E-state index contributed by atoms with van der Waals surface area (Å²) in [6.45, 7) is 1.61. The molecule has 2 saturated heterocycles. The molecule has 2 aromatic rings. The van der Waals surface area contributed by atoms with Crippen LogP contribution in [-0.4, -0.2) is 71.0 Å². The van der Waals surface area contributed by atoms with Gasteiger partial charge in [0, 0.05) is 20.1 Å². The summed E-state index contributed by atoms with van der Waals surface area (Å²) in [5.74, 6) is -0.467. The van der Waals surface area contributed by atoms with Crippen LogP contribution in [-0.2, 0) is 9.53 Å². The van der Waals surface area contributed by atoms with Crippen molar-refractivity contribution in [2.24, 2.45) is 5.92 Å². The molecule has 3 heterocycles. The van der Waals surface area contributed by atoms with E-state index in [0.717, 1.165) is 5.52 Å². The Balaban J connectivity index is 1.64. The summed E-state index contributed by atoms with van der Waals surface area (Å²) >= 11 is 0. The molecule has 1 aromatic heterocycles. The average Bonchev–Trinajstić information content (AvgIpc) is 2.79. The van der Waals surface area contributed by atoms with E-state index in [-0.39, 0.29) is 23.8 Å². The first-order valence-electron chi connectivity index (χ1n) is 7.99. The van der Waals surface area contributed by atoms with Gasteiger partial charge in [-0.3, -0.25) is 14.6 Å². The highest BCUT2D eigenvalue weighted by Crippen LogP contribution is 2.21. The third-order valence-corrected chi connectivity index (χ3v) is 4.70. The molecule has 2 aliphatic rings. The molecule has 2 fully saturated rings. The van der Waals surface area contributed by atoms with Gasteiger partial charge in [-0.05, 0) is 12.1 Å². The molecule has 0 spiro atoms. The quantitative estimate of drug-likeness (QED) is 0.765. The van der Waals surface area contributed by atoms with Gasteiger partial charge in [-0.1, -0.05) is 12.1 Å². The minimum absolute atomic E-state index is 0.0393. The second-order valence-electron chi connectivity index (χ2n) is 6.29. The Morgan fingerprint density at radius 1 is 1.21 bits per heavy atom. The predicted octanol–water partition coefficient (Wildman–Crippen LogP) is 0.559. The van der Waals surface area contributed by atoms with E-state index in [0.29, 0.717) is 37.5 Å². The normalized spacial score (nSPS) is 24.1. The van der Waals surface area contributed by atoms with Crippen LogP contribution in [0.5, 0.6) is 0 Å². The van der Waals surface area contributed by atoms with E-state index in [2.05, 4.69) is 9.97 Å². The fourth-order valence-electron chi connectivity index (χ4n) is 3.29. The van der Waals surface area contributed by atoms with E-state index in [1.165, 1.54) is 6.20 Å². The van der Waals surface area contributed by atoms with Crippen molar-refractivity contribution in [1.82, 2.24) is 19.8 Å². The van der Waals surface area contributed by atoms with E-state index in [4.69, 9.17) is 4.74 Å². The number of carbonyl (C=O) groups is 2. The molecule has 0 saturated carbocycles. The molecule has 2 aliphatic heterocycles. The van der Waals surface area contributed by atoms with Gasteiger partial charge in [0.2, 0.25) is 5.91 Å². The lowest BCUT2D eigenvalue weighted by atomic mass is 10.1. The molecule has 124 valence electrons. The number of amides is 2. The smallest absolute Gasteiger partial charge is 0.274 e. The van der Waals surface area contributed by atoms with Crippen LogP contribution in [0.25, 0.3) is 11.0 Å². The van der Waals surface area contributed by atoms with Gasteiger partial charge in [-0.2, -0.15) is 0 Å². The Bertz CT molecular complexity index is 809. The van der Waals surface area contributed by atoms with Crippen LogP contribution in [0.15, 0.2) is 30.5 Å². The van der Waals surface area contributed by atoms with E-state index < -0.39 is 0 Å². The second kappa shape index (κ2) is 5.83. The van der Waals surface area contributed by atoms with Gasteiger partial charge in [-0.15, -0.1) is 0 Å². The zero-order chi connectivity index (χ0) is 16.7. The fourth-order valence-corrected chi connectivity index (χ4v) is 3.29. The molecule has 1 aromatic carbocycles. The lowest BCUT2D eigenvalue weighted by molar-refractivity contribution is -0.133. The number of carbonyl (C=O) groups excluding carboxylic acids is 2. The van der Waals surface area contributed by atoms with Crippen molar-refractivity contribution in [2.75, 3.05) is 33.4 Å². The zero-order valence-electron chi connectivity index (χ0n) is 13.4. The third-order valence-electron chi connectivity index (χ3n) is 4.70. The van der Waals surface area contributed by atoms with E-state index in [1.54, 1.807) is 16.8 Å². The maximum atomic E-state index is 12.9. The summed E-state index contributed by atoms with van der Waals surface area (Å²) in [4.78, 5) is 37.4. The Morgan fingerprint density at radius 3 is 2.83 bits per heavy atom. The van der Waals surface area contributed by atoms with E-state index in [1.807, 2.05) is 24.3 Å². The minimum Gasteiger partial charge on any atom is -0.378 e. The zero-order valence-corrected chi connectivity index (χ0v) is 13.4. The van der Waals surface area contributed by atoms with Gasteiger partial charge >= 0.3 is 0 Å². The Hall–Kier alpha value is -2.54. The predicted molar refractivity (Wildman–Crippen MR) is 86.3 cm³/mol. The third kappa shape index (κ3) is 2.50. The van der Waals surface area contributed by atoms with Crippen LogP contribution >= 0.6 is 0 Å². The molecular formula is C17H18N4O3. The number of benzene rings is 1. The van der Waals surface area contributed by atoms with Gasteiger partial charge < -0.3 is 14.5 Å². The highest BCUT2D eigenvalue weighted by molar-refractivity contribution is 5.94. The SMILES string of the molecule is CN1C(=O)[C@H]2COC[C@@H]1CN(C(=O)c1cnc3ccccc3n1)C2. The van der Waals surface area contributed by atoms with Gasteiger partial charge in [-0.25, -0.2) is 4.98 Å². The van der Waals surface area contributed by atoms with Gasteiger partial charge in [0.15, 0.2) is 0 Å². The van der Waals surface area contributed by atoms with Gasteiger partial charge in [0.25, 0.3) is 5.91 Å². The summed E-state index contributed by atoms with van der Waals surface area (Å²) in [5, 5.41) is 0. The largest absolute Gasteiger partial charge is 0.378 e. The van der Waals surface area contributed by atoms with Crippen LogP contribution in [0, 0.1) is 5.92 Å². The Morgan fingerprint density at radius 2 is 2.00 bits per heavy atom. The molecular weight excluding hydrogens is 308 g/mol. The minimum atomic E-state index is -0.320. The number of hydrogen-bond acceptors (Lipinski definition) is 5. The second-order valence-corrected chi connectivity index (χ2v) is 6.29. The number of hydrogen-bond donors (Lipinski definition) is 0. The molecule has 0 radical (unpaired) electrons. The maximum absolute atomic E-state index is 12.9. The van der Waals surface area contributed by atoms with Crippen LogP contribution < -0.4 is 0 Å². The molecule has 7 heteroatoms. The number of rotatable bonds is 1. The molecule has 0 unspecified atom stereocenters. The van der Waals surface area contributed by atoms with Crippen LogP contribution in [0.1, 0.15) is 10.5 Å². The maximum Gasteiger partial charge on any atom is 0.274 e. The standard InChI is InChI=1S/C17H18N4O3/c1-20-12-8-21(7-11(16(20)22)9-24-10-12)17(23)15-6-18-13-4-2-3-5-14(13)19-15/h2-6,11-12H,7-10H2,1H3/t11-,12+/m1/s1. The summed E-state index contributed by atoms with van der Waals surface area (Å²) in [6.07, 6.45) is 1.51. The summed E-state index contributed by atoms with van der Waals surface area (Å²) in [7, 11) is 1.78. The lowest BCUT2D eigenvalue weighted by Gasteiger charge is -2.29. The van der Waals surface area contributed by atoms with Crippen molar-refractivity contribution in [3.8, 4) is 0 Å². The highest BCUT2D eigenvalue weighted by atomic mass is 16.5. The van der Waals surface area contributed by atoms with Crippen molar-refractivity contribution in [3.63, 3.8) is 0 Å². The summed E-state index contributed by atoms with van der Waals surface area (Å²) in [5.41, 5.74) is 1.75. The molecule has 0 N–H and O–H groups in total. The molecule has 2 amide bonds.